The summed E-state index contributed by atoms with van der Waals surface area (Å²) in [5, 5.41) is 11.8. The Morgan fingerprint density at radius 2 is 1.87 bits per heavy atom. The first-order valence-corrected chi connectivity index (χ1v) is 10.1. The summed E-state index contributed by atoms with van der Waals surface area (Å²) in [6.45, 7) is 3.03. The molecule has 0 radical (unpaired) electrons. The fourth-order valence-corrected chi connectivity index (χ4v) is 3.65. The minimum Gasteiger partial charge on any atom is -0.496 e. The average molecular weight is 420 g/mol. The van der Waals surface area contributed by atoms with E-state index < -0.39 is 0 Å². The second-order valence-corrected chi connectivity index (χ2v) is 7.86. The minimum absolute atomic E-state index is 0.250. The Morgan fingerprint density at radius 3 is 2.58 bits per heavy atom. The number of aryl methyl sites for hydroxylation is 1. The molecule has 7 heteroatoms. The summed E-state index contributed by atoms with van der Waals surface area (Å²) in [5.74, 6) is 1.22. The first kappa shape index (κ1) is 20.8. The van der Waals surface area contributed by atoms with Crippen LogP contribution in [0.25, 0.3) is 16.8 Å². The molecular weight excluding hydrogens is 393 g/mol. The third-order valence-electron chi connectivity index (χ3n) is 5.24. The highest BCUT2D eigenvalue weighted by Gasteiger charge is 2.12. The average Bonchev–Trinajstić information content (AvgIpc) is 3.24. The molecule has 0 saturated heterocycles. The van der Waals surface area contributed by atoms with Crippen LogP contribution in [-0.4, -0.2) is 40.7 Å². The number of ether oxygens (including phenoxy) is 1. The number of fused-ring (bicyclic) bond motifs is 1. The number of pyridine rings is 1. The van der Waals surface area contributed by atoms with Crippen molar-refractivity contribution in [3.05, 3.63) is 77.4 Å². The van der Waals surface area contributed by atoms with Gasteiger partial charge in [0.25, 0.3) is 0 Å². The minimum atomic E-state index is -0.250. The molecular formula is C24H26FN5O. The van der Waals surface area contributed by atoms with Gasteiger partial charge in [-0.1, -0.05) is 24.3 Å². The number of hydrogen-bond donors (Lipinski definition) is 1. The van der Waals surface area contributed by atoms with Crippen LogP contribution in [0.15, 0.2) is 54.9 Å². The number of methoxy groups -OCH3 is 1. The van der Waals surface area contributed by atoms with Crippen molar-refractivity contribution < 1.29 is 9.13 Å². The van der Waals surface area contributed by atoms with Gasteiger partial charge in [0.15, 0.2) is 5.65 Å². The van der Waals surface area contributed by atoms with E-state index in [1.165, 1.54) is 11.6 Å². The molecule has 4 rings (SSSR count). The van der Waals surface area contributed by atoms with E-state index in [9.17, 15) is 4.39 Å². The predicted octanol–water partition coefficient (Wildman–Crippen LogP) is 4.53. The molecule has 0 aliphatic carbocycles. The summed E-state index contributed by atoms with van der Waals surface area (Å²) in [7, 11) is 5.70. The van der Waals surface area contributed by atoms with Crippen molar-refractivity contribution >= 4 is 11.5 Å². The molecule has 0 unspecified atom stereocenters. The Morgan fingerprint density at radius 1 is 1.10 bits per heavy atom. The summed E-state index contributed by atoms with van der Waals surface area (Å²) in [5.41, 5.74) is 5.39. The maximum atomic E-state index is 14.1. The van der Waals surface area contributed by atoms with E-state index in [0.717, 1.165) is 34.7 Å². The highest BCUT2D eigenvalue weighted by atomic mass is 19.1. The van der Waals surface area contributed by atoms with Gasteiger partial charge in [-0.25, -0.2) is 4.39 Å². The highest BCUT2D eigenvalue weighted by Crippen LogP contribution is 2.28. The van der Waals surface area contributed by atoms with Crippen LogP contribution >= 0.6 is 0 Å². The molecule has 0 bridgehead atoms. The van der Waals surface area contributed by atoms with E-state index in [1.54, 1.807) is 26.4 Å². The van der Waals surface area contributed by atoms with Crippen molar-refractivity contribution in [1.82, 2.24) is 19.5 Å². The summed E-state index contributed by atoms with van der Waals surface area (Å²) >= 11 is 0. The maximum Gasteiger partial charge on any atom is 0.170 e. The molecule has 2 heterocycles. The molecule has 31 heavy (non-hydrogen) atoms. The lowest BCUT2D eigenvalue weighted by Gasteiger charge is -2.14. The van der Waals surface area contributed by atoms with Crippen molar-refractivity contribution in [2.45, 2.75) is 20.0 Å². The lowest BCUT2D eigenvalue weighted by Crippen LogP contribution is -2.10. The van der Waals surface area contributed by atoms with Gasteiger partial charge in [0.05, 0.1) is 7.11 Å². The second-order valence-electron chi connectivity index (χ2n) is 7.86. The topological polar surface area (TPSA) is 54.7 Å². The van der Waals surface area contributed by atoms with Crippen LogP contribution in [-0.2, 0) is 13.1 Å². The number of hydrogen-bond acceptors (Lipinski definition) is 5. The summed E-state index contributed by atoms with van der Waals surface area (Å²) in [4.78, 5) is 2.14. The van der Waals surface area contributed by atoms with Crippen LogP contribution in [0.2, 0.25) is 0 Å². The molecule has 0 aliphatic heterocycles. The van der Waals surface area contributed by atoms with E-state index >= 15 is 0 Å². The van der Waals surface area contributed by atoms with Gasteiger partial charge in [0.1, 0.15) is 23.7 Å². The van der Waals surface area contributed by atoms with Gasteiger partial charge in [0, 0.05) is 24.2 Å². The van der Waals surface area contributed by atoms with Gasteiger partial charge >= 0.3 is 0 Å². The molecule has 6 nitrogen and oxygen atoms in total. The van der Waals surface area contributed by atoms with Gasteiger partial charge in [0.2, 0.25) is 0 Å². The van der Waals surface area contributed by atoms with Gasteiger partial charge in [-0.15, -0.1) is 10.2 Å². The zero-order valence-corrected chi connectivity index (χ0v) is 18.2. The number of rotatable bonds is 7. The van der Waals surface area contributed by atoms with Gasteiger partial charge in [-0.05, 0) is 62.0 Å². The normalized spacial score (nSPS) is 11.3. The summed E-state index contributed by atoms with van der Waals surface area (Å²) in [6, 6.07) is 15.7. The van der Waals surface area contributed by atoms with Crippen molar-refractivity contribution in [2.75, 3.05) is 26.5 Å². The number of benzene rings is 2. The number of halogens is 1. The Bertz CT molecular complexity index is 1200. The zero-order valence-electron chi connectivity index (χ0n) is 18.2. The second kappa shape index (κ2) is 8.73. The molecule has 2 aromatic heterocycles. The number of nitrogens with zero attached hydrogens (tertiary/aromatic N) is 4. The molecule has 0 aliphatic rings. The lowest BCUT2D eigenvalue weighted by molar-refractivity contribution is 0.402. The Hall–Kier alpha value is -3.45. The smallest absolute Gasteiger partial charge is 0.170 e. The monoisotopic (exact) mass is 419 g/mol. The third kappa shape index (κ3) is 4.36. The fraction of sp³-hybridized carbons (Fsp3) is 0.250. The van der Waals surface area contributed by atoms with Crippen LogP contribution in [0.5, 0.6) is 5.75 Å². The molecule has 0 spiro atoms. The van der Waals surface area contributed by atoms with Crippen LogP contribution in [0.3, 0.4) is 0 Å². The van der Waals surface area contributed by atoms with Gasteiger partial charge in [-0.2, -0.15) is 0 Å². The maximum absolute atomic E-state index is 14.1. The molecule has 0 saturated carbocycles. The molecule has 0 amide bonds. The fourth-order valence-electron chi connectivity index (χ4n) is 3.65. The predicted molar refractivity (Wildman–Crippen MR) is 121 cm³/mol. The van der Waals surface area contributed by atoms with Crippen LogP contribution in [0, 0.1) is 12.7 Å². The third-order valence-corrected chi connectivity index (χ3v) is 5.24. The van der Waals surface area contributed by atoms with Crippen LogP contribution in [0.4, 0.5) is 10.2 Å². The van der Waals surface area contributed by atoms with E-state index in [1.807, 2.05) is 16.5 Å². The number of anilines is 1. The van der Waals surface area contributed by atoms with Gasteiger partial charge < -0.3 is 15.0 Å². The molecule has 0 atom stereocenters. The van der Waals surface area contributed by atoms with E-state index in [-0.39, 0.29) is 5.82 Å². The first-order chi connectivity index (χ1) is 15.0. The first-order valence-electron chi connectivity index (χ1n) is 10.1. The quantitative estimate of drug-likeness (QED) is 0.477. The Labute approximate surface area is 181 Å². The van der Waals surface area contributed by atoms with Crippen molar-refractivity contribution in [1.29, 1.82) is 0 Å². The number of nitrogens with one attached hydrogen (secondary N) is 1. The lowest BCUT2D eigenvalue weighted by atomic mass is 10.0. The van der Waals surface area contributed by atoms with E-state index in [0.29, 0.717) is 17.9 Å². The zero-order chi connectivity index (χ0) is 22.0. The Balaban J connectivity index is 1.61. The number of aromatic nitrogens is 3. The SMILES string of the molecule is COc1cc(C)c(F)cc1CNc1ccc(-c2ccc(CN(C)C)cc2)c2nncn12. The van der Waals surface area contributed by atoms with Crippen molar-refractivity contribution in [3.8, 4) is 16.9 Å². The van der Waals surface area contributed by atoms with Gasteiger partial charge in [-0.3, -0.25) is 4.40 Å². The van der Waals surface area contributed by atoms with Crippen LogP contribution < -0.4 is 10.1 Å². The largest absolute Gasteiger partial charge is 0.496 e. The molecule has 1 N–H and O–H groups in total. The summed E-state index contributed by atoms with van der Waals surface area (Å²) < 4.78 is 21.4. The Kier molecular flexibility index (Phi) is 5.86. The molecule has 160 valence electrons. The van der Waals surface area contributed by atoms with Crippen molar-refractivity contribution in [2.24, 2.45) is 0 Å². The highest BCUT2D eigenvalue weighted by molar-refractivity contribution is 5.79. The molecule has 4 aromatic rings. The summed E-state index contributed by atoms with van der Waals surface area (Å²) in [6.07, 6.45) is 1.68. The standard InChI is InChI=1S/C24H26FN5O/c1-16-11-22(31-4)19(12-21(16)25)13-26-23-10-9-20(24-28-27-15-30(23)24)18-7-5-17(6-8-18)14-29(2)3/h5-12,15,26H,13-14H2,1-4H3. The van der Waals surface area contributed by atoms with E-state index in [4.69, 9.17) is 4.74 Å². The molecule has 0 fully saturated rings. The van der Waals surface area contributed by atoms with E-state index in [2.05, 4.69) is 58.8 Å². The van der Waals surface area contributed by atoms with Crippen molar-refractivity contribution in [3.63, 3.8) is 0 Å². The van der Waals surface area contributed by atoms with Crippen LogP contribution in [0.1, 0.15) is 16.7 Å². The molecule has 2 aromatic carbocycles.